The van der Waals surface area contributed by atoms with E-state index in [9.17, 15) is 0 Å². The number of amidine groups is 1. The second-order valence-corrected chi connectivity index (χ2v) is 6.83. The molecule has 3 saturated carbocycles. The van der Waals surface area contributed by atoms with Crippen LogP contribution in [0.5, 0.6) is 0 Å². The fraction of sp³-hybridized carbons (Fsp3) is 0.923. The summed E-state index contributed by atoms with van der Waals surface area (Å²) in [5, 5.41) is 0. The lowest BCUT2D eigenvalue weighted by Crippen LogP contribution is -2.36. The Kier molecular flexibility index (Phi) is 2.13. The summed E-state index contributed by atoms with van der Waals surface area (Å²) >= 11 is 0. The number of nitrogens with one attached hydrogen (secondary N) is 1. The molecule has 0 saturated heterocycles. The van der Waals surface area contributed by atoms with Gasteiger partial charge in [-0.15, -0.1) is 0 Å². The van der Waals surface area contributed by atoms with Gasteiger partial charge in [0, 0.05) is 5.92 Å². The number of hydrogen-bond donors (Lipinski definition) is 2. The van der Waals surface area contributed by atoms with Crippen LogP contribution in [0.2, 0.25) is 0 Å². The van der Waals surface area contributed by atoms with Crippen molar-refractivity contribution in [2.45, 2.75) is 45.6 Å². The van der Waals surface area contributed by atoms with Gasteiger partial charge in [-0.1, -0.05) is 0 Å². The van der Waals surface area contributed by atoms with Crippen molar-refractivity contribution < 1.29 is 0 Å². The van der Waals surface area contributed by atoms with Crippen molar-refractivity contribution in [2.24, 2.45) is 40.4 Å². The molecule has 4 unspecified atom stereocenters. The molecule has 0 aliphatic heterocycles. The first-order chi connectivity index (χ1) is 7.51. The van der Waals surface area contributed by atoms with Gasteiger partial charge in [0.15, 0.2) is 0 Å². The van der Waals surface area contributed by atoms with E-state index in [1.54, 1.807) is 0 Å². The zero-order chi connectivity index (χ0) is 11.5. The highest BCUT2D eigenvalue weighted by molar-refractivity contribution is 5.88. The highest BCUT2D eigenvalue weighted by Crippen LogP contribution is 2.69. The monoisotopic (exact) mass is 221 g/mol. The van der Waals surface area contributed by atoms with Crippen LogP contribution in [0.4, 0.5) is 0 Å². The SMILES string of the molecule is CC(C)(C)N=C(NN)C1C2C3CCC(C3)C12. The molecule has 3 N–H and O–H groups in total. The Labute approximate surface area is 97.9 Å². The third-order valence-corrected chi connectivity index (χ3v) is 4.65. The van der Waals surface area contributed by atoms with Gasteiger partial charge < -0.3 is 5.43 Å². The molecule has 0 amide bonds. The minimum absolute atomic E-state index is 0.0162. The third kappa shape index (κ3) is 1.48. The van der Waals surface area contributed by atoms with E-state index < -0.39 is 0 Å². The van der Waals surface area contributed by atoms with E-state index in [4.69, 9.17) is 10.8 Å². The van der Waals surface area contributed by atoms with Crippen molar-refractivity contribution in [1.29, 1.82) is 0 Å². The molecule has 3 nitrogen and oxygen atoms in total. The molecule has 0 aromatic heterocycles. The molecule has 3 heteroatoms. The molecule has 3 aliphatic carbocycles. The van der Waals surface area contributed by atoms with E-state index in [-0.39, 0.29) is 5.54 Å². The topological polar surface area (TPSA) is 50.4 Å². The normalized spacial score (nSPS) is 45.8. The Morgan fingerprint density at radius 2 is 1.75 bits per heavy atom. The smallest absolute Gasteiger partial charge is 0.115 e. The number of aliphatic imine (C=N–C) groups is 1. The van der Waals surface area contributed by atoms with Gasteiger partial charge in [0.05, 0.1) is 5.54 Å². The maximum atomic E-state index is 5.65. The van der Waals surface area contributed by atoms with Crippen LogP contribution < -0.4 is 11.3 Å². The van der Waals surface area contributed by atoms with Crippen LogP contribution in [0.25, 0.3) is 0 Å². The molecule has 3 aliphatic rings. The maximum absolute atomic E-state index is 5.65. The Morgan fingerprint density at radius 3 is 2.19 bits per heavy atom. The third-order valence-electron chi connectivity index (χ3n) is 4.65. The van der Waals surface area contributed by atoms with E-state index >= 15 is 0 Å². The standard InChI is InChI=1S/C13H23N3/c1-13(2,3)15-12(16-14)11-9-7-4-5-8(6-7)10(9)11/h7-11H,4-6,14H2,1-3H3,(H,15,16). The Bertz CT molecular complexity index is 313. The van der Waals surface area contributed by atoms with Gasteiger partial charge in [0.2, 0.25) is 0 Å². The quantitative estimate of drug-likeness (QED) is 0.308. The summed E-state index contributed by atoms with van der Waals surface area (Å²) in [7, 11) is 0. The van der Waals surface area contributed by atoms with Gasteiger partial charge in [-0.3, -0.25) is 4.99 Å². The molecule has 0 spiro atoms. The molecule has 90 valence electrons. The maximum Gasteiger partial charge on any atom is 0.115 e. The van der Waals surface area contributed by atoms with Crippen LogP contribution in [0, 0.1) is 29.6 Å². The van der Waals surface area contributed by atoms with Crippen LogP contribution >= 0.6 is 0 Å². The summed E-state index contributed by atoms with van der Waals surface area (Å²) in [6.45, 7) is 6.41. The minimum atomic E-state index is -0.0162. The van der Waals surface area contributed by atoms with E-state index in [1.807, 2.05) is 0 Å². The first kappa shape index (κ1) is 10.6. The molecule has 4 atom stereocenters. The van der Waals surface area contributed by atoms with E-state index in [1.165, 1.54) is 19.3 Å². The molecule has 0 aromatic rings. The van der Waals surface area contributed by atoms with Crippen LogP contribution in [0.1, 0.15) is 40.0 Å². The first-order valence-electron chi connectivity index (χ1n) is 6.57. The molecule has 3 rings (SSSR count). The summed E-state index contributed by atoms with van der Waals surface area (Å²) in [5.41, 5.74) is 2.85. The van der Waals surface area contributed by atoms with Crippen LogP contribution in [-0.2, 0) is 0 Å². The average molecular weight is 221 g/mol. The van der Waals surface area contributed by atoms with Gasteiger partial charge in [0.25, 0.3) is 0 Å². The van der Waals surface area contributed by atoms with Gasteiger partial charge >= 0.3 is 0 Å². The van der Waals surface area contributed by atoms with Crippen molar-refractivity contribution in [3.05, 3.63) is 0 Å². The second kappa shape index (κ2) is 3.22. The van der Waals surface area contributed by atoms with E-state index in [0.29, 0.717) is 5.92 Å². The number of hydrogen-bond acceptors (Lipinski definition) is 2. The zero-order valence-corrected chi connectivity index (χ0v) is 10.5. The predicted molar refractivity (Wildman–Crippen MR) is 65.8 cm³/mol. The van der Waals surface area contributed by atoms with Gasteiger partial charge in [-0.05, 0) is 63.7 Å². The molecule has 2 bridgehead atoms. The Morgan fingerprint density at radius 1 is 1.19 bits per heavy atom. The van der Waals surface area contributed by atoms with Crippen molar-refractivity contribution in [2.75, 3.05) is 0 Å². The summed E-state index contributed by atoms with van der Waals surface area (Å²) < 4.78 is 0. The summed E-state index contributed by atoms with van der Waals surface area (Å²) in [6.07, 6.45) is 4.39. The second-order valence-electron chi connectivity index (χ2n) is 6.83. The largest absolute Gasteiger partial charge is 0.312 e. The molecule has 16 heavy (non-hydrogen) atoms. The molecular weight excluding hydrogens is 198 g/mol. The number of nitrogens with two attached hydrogens (primary N) is 1. The summed E-state index contributed by atoms with van der Waals surface area (Å²) in [5.74, 6) is 11.2. The molecule has 0 radical (unpaired) electrons. The molecular formula is C13H23N3. The van der Waals surface area contributed by atoms with Crippen molar-refractivity contribution in [3.8, 4) is 0 Å². The van der Waals surface area contributed by atoms with Crippen LogP contribution in [0.15, 0.2) is 4.99 Å². The molecule has 0 aromatic carbocycles. The average Bonchev–Trinajstić information content (AvgIpc) is 2.63. The lowest BCUT2D eigenvalue weighted by molar-refractivity contribution is 0.456. The lowest BCUT2D eigenvalue weighted by atomic mass is 10.0. The summed E-state index contributed by atoms with van der Waals surface area (Å²) in [6, 6.07) is 0. The number of hydrazine groups is 1. The Balaban J connectivity index is 1.78. The Hall–Kier alpha value is -0.570. The highest BCUT2D eigenvalue weighted by atomic mass is 15.3. The van der Waals surface area contributed by atoms with Gasteiger partial charge in [-0.2, -0.15) is 0 Å². The summed E-state index contributed by atoms with van der Waals surface area (Å²) in [4.78, 5) is 4.75. The lowest BCUT2D eigenvalue weighted by Gasteiger charge is -2.17. The number of fused-ring (bicyclic) bond motifs is 5. The number of nitrogens with zero attached hydrogens (tertiary/aromatic N) is 1. The predicted octanol–water partition coefficient (Wildman–Crippen LogP) is 1.94. The van der Waals surface area contributed by atoms with Crippen molar-refractivity contribution in [1.82, 2.24) is 5.43 Å². The number of rotatable bonds is 1. The highest BCUT2D eigenvalue weighted by Gasteiger charge is 2.66. The van der Waals surface area contributed by atoms with Crippen LogP contribution in [0.3, 0.4) is 0 Å². The molecule has 0 heterocycles. The van der Waals surface area contributed by atoms with Crippen molar-refractivity contribution >= 4 is 5.84 Å². The van der Waals surface area contributed by atoms with Gasteiger partial charge in [0.1, 0.15) is 5.84 Å². The fourth-order valence-corrected chi connectivity index (χ4v) is 4.25. The minimum Gasteiger partial charge on any atom is -0.312 e. The molecule has 3 fully saturated rings. The van der Waals surface area contributed by atoms with Crippen LogP contribution in [-0.4, -0.2) is 11.4 Å². The van der Waals surface area contributed by atoms with E-state index in [0.717, 1.165) is 29.5 Å². The van der Waals surface area contributed by atoms with Gasteiger partial charge in [-0.25, -0.2) is 5.84 Å². The van der Waals surface area contributed by atoms with Crippen molar-refractivity contribution in [3.63, 3.8) is 0 Å². The van der Waals surface area contributed by atoms with E-state index in [2.05, 4.69) is 26.2 Å². The first-order valence-corrected chi connectivity index (χ1v) is 6.57. The zero-order valence-electron chi connectivity index (χ0n) is 10.5. The fourth-order valence-electron chi connectivity index (χ4n) is 4.25.